The fourth-order valence-electron chi connectivity index (χ4n) is 4.70. The number of alkyl halides is 3. The van der Waals surface area contributed by atoms with Crippen molar-refractivity contribution in [2.24, 2.45) is 0 Å². The van der Waals surface area contributed by atoms with Crippen LogP contribution >= 0.6 is 0 Å². The SMILES string of the molecule is O=C(O)C(F)(F)F.O=C(OCCCCN1CCOCC1)c1ccc(NS(=O)(=O)c2cccc(-c3ccc4c(c3)CCO4)c2)cc1O. The maximum Gasteiger partial charge on any atom is 0.490 e. The van der Waals surface area contributed by atoms with Gasteiger partial charge in [0.2, 0.25) is 0 Å². The number of sulfonamides is 1. The number of anilines is 1. The van der Waals surface area contributed by atoms with Crippen molar-refractivity contribution in [1.82, 2.24) is 4.90 Å². The number of ether oxygens (including phenoxy) is 3. The van der Waals surface area contributed by atoms with Crippen molar-refractivity contribution in [2.45, 2.75) is 30.3 Å². The molecule has 0 aliphatic carbocycles. The van der Waals surface area contributed by atoms with Crippen molar-refractivity contribution in [3.05, 3.63) is 71.8 Å². The maximum atomic E-state index is 13.1. The predicted molar refractivity (Wildman–Crippen MR) is 160 cm³/mol. The van der Waals surface area contributed by atoms with Crippen molar-refractivity contribution in [3.63, 3.8) is 0 Å². The average molecular weight is 667 g/mol. The molecule has 0 atom stereocenters. The molecule has 3 aromatic rings. The van der Waals surface area contributed by atoms with Gasteiger partial charge in [-0.2, -0.15) is 13.2 Å². The Bertz CT molecular complexity index is 1640. The summed E-state index contributed by atoms with van der Waals surface area (Å²) in [6.07, 6.45) is -2.66. The molecule has 0 spiro atoms. The predicted octanol–water partition coefficient (Wildman–Crippen LogP) is 4.70. The number of hydrogen-bond donors (Lipinski definition) is 3. The number of carboxylic acids is 1. The van der Waals surface area contributed by atoms with Crippen LogP contribution in [0.2, 0.25) is 0 Å². The minimum Gasteiger partial charge on any atom is -0.507 e. The topological polar surface area (TPSA) is 152 Å². The van der Waals surface area contributed by atoms with Crippen LogP contribution in [0.1, 0.15) is 28.8 Å². The Morgan fingerprint density at radius 3 is 2.37 bits per heavy atom. The number of nitrogens with zero attached hydrogens (tertiary/aromatic N) is 1. The zero-order chi connectivity index (χ0) is 33.3. The second-order valence-electron chi connectivity index (χ2n) is 10.4. The largest absolute Gasteiger partial charge is 0.507 e. The summed E-state index contributed by atoms with van der Waals surface area (Å²) in [5.41, 5.74) is 2.88. The lowest BCUT2D eigenvalue weighted by Crippen LogP contribution is -2.36. The first-order valence-corrected chi connectivity index (χ1v) is 15.8. The third-order valence-electron chi connectivity index (χ3n) is 7.09. The van der Waals surface area contributed by atoms with Gasteiger partial charge in [0.15, 0.2) is 0 Å². The Morgan fingerprint density at radius 1 is 0.957 bits per heavy atom. The Labute approximate surface area is 263 Å². The summed E-state index contributed by atoms with van der Waals surface area (Å²) in [5, 5.41) is 17.5. The first-order valence-electron chi connectivity index (χ1n) is 14.3. The van der Waals surface area contributed by atoms with Crippen LogP contribution in [0.5, 0.6) is 11.5 Å². The van der Waals surface area contributed by atoms with E-state index in [0.29, 0.717) is 13.0 Å². The summed E-state index contributed by atoms with van der Waals surface area (Å²) < 4.78 is 76.6. The molecule has 0 radical (unpaired) electrons. The van der Waals surface area contributed by atoms with Gasteiger partial charge >= 0.3 is 18.1 Å². The Balaban J connectivity index is 0.000000617. The molecular weight excluding hydrogens is 633 g/mol. The lowest BCUT2D eigenvalue weighted by molar-refractivity contribution is -0.192. The molecule has 11 nitrogen and oxygen atoms in total. The molecule has 3 N–H and O–H groups in total. The minimum absolute atomic E-state index is 0.0197. The van der Waals surface area contributed by atoms with Crippen LogP contribution in [0.15, 0.2) is 65.6 Å². The number of halogens is 3. The monoisotopic (exact) mass is 666 g/mol. The van der Waals surface area contributed by atoms with Gasteiger partial charge in [0.1, 0.15) is 17.1 Å². The van der Waals surface area contributed by atoms with E-state index in [9.17, 15) is 31.5 Å². The summed E-state index contributed by atoms with van der Waals surface area (Å²) in [6.45, 7) is 5.14. The number of carbonyl (C=O) groups excluding carboxylic acids is 1. The molecule has 1 saturated heterocycles. The highest BCUT2D eigenvalue weighted by Gasteiger charge is 2.38. The van der Waals surface area contributed by atoms with E-state index < -0.39 is 28.1 Å². The molecule has 0 amide bonds. The quantitative estimate of drug-likeness (QED) is 0.205. The van der Waals surface area contributed by atoms with Crippen molar-refractivity contribution >= 4 is 27.6 Å². The number of morpholine rings is 1. The van der Waals surface area contributed by atoms with E-state index in [0.717, 1.165) is 68.1 Å². The molecule has 2 aliphatic heterocycles. The zero-order valence-corrected chi connectivity index (χ0v) is 25.4. The molecular formula is C31H33F3N2O9S. The van der Waals surface area contributed by atoms with Crippen LogP contribution in [-0.4, -0.2) is 87.7 Å². The van der Waals surface area contributed by atoms with Crippen LogP contribution in [0.25, 0.3) is 11.1 Å². The molecule has 2 aliphatic rings. The summed E-state index contributed by atoms with van der Waals surface area (Å²) in [5.74, 6) is -2.91. The molecule has 0 aromatic heterocycles. The number of unbranched alkanes of at least 4 members (excludes halogenated alkanes) is 1. The van der Waals surface area contributed by atoms with Crippen molar-refractivity contribution < 1.29 is 55.6 Å². The van der Waals surface area contributed by atoms with Gasteiger partial charge in [-0.05, 0) is 72.5 Å². The van der Waals surface area contributed by atoms with Gasteiger partial charge in [0, 0.05) is 25.6 Å². The number of esters is 1. The molecule has 15 heteroatoms. The third kappa shape index (κ3) is 9.58. The smallest absolute Gasteiger partial charge is 0.490 e. The van der Waals surface area contributed by atoms with Crippen LogP contribution in [-0.2, 0) is 30.7 Å². The molecule has 0 unspecified atom stereocenters. The lowest BCUT2D eigenvalue weighted by Gasteiger charge is -2.26. The van der Waals surface area contributed by atoms with Crippen LogP contribution in [0.3, 0.4) is 0 Å². The molecule has 46 heavy (non-hydrogen) atoms. The number of rotatable bonds is 10. The normalized spacial score (nSPS) is 14.8. The molecule has 0 saturated carbocycles. The van der Waals surface area contributed by atoms with E-state index in [2.05, 4.69) is 9.62 Å². The van der Waals surface area contributed by atoms with Gasteiger partial charge in [-0.25, -0.2) is 18.0 Å². The first kappa shape index (κ1) is 34.5. The highest BCUT2D eigenvalue weighted by molar-refractivity contribution is 7.92. The summed E-state index contributed by atoms with van der Waals surface area (Å²) in [4.78, 5) is 23.7. The Kier molecular flexibility index (Phi) is 11.5. The fraction of sp³-hybridized carbons (Fsp3) is 0.355. The number of benzene rings is 3. The van der Waals surface area contributed by atoms with Gasteiger partial charge in [0.25, 0.3) is 10.0 Å². The molecule has 3 aromatic carbocycles. The highest BCUT2D eigenvalue weighted by Crippen LogP contribution is 2.32. The first-order chi connectivity index (χ1) is 21.8. The Morgan fingerprint density at radius 2 is 1.67 bits per heavy atom. The second kappa shape index (κ2) is 15.3. The van der Waals surface area contributed by atoms with Crippen LogP contribution < -0.4 is 9.46 Å². The van der Waals surface area contributed by atoms with Crippen molar-refractivity contribution in [3.8, 4) is 22.6 Å². The average Bonchev–Trinajstić information content (AvgIpc) is 3.49. The number of aromatic hydroxyl groups is 1. The standard InChI is InChI=1S/C29H32N2O7S.C2HF3O2/c32-27-20-24(7-8-26(27)29(33)38-14-2-1-11-31-12-16-36-17-13-31)30-39(34,35)25-5-3-4-21(19-25)22-6-9-28-23(18-22)10-15-37-28;3-2(4,5)1(6)7/h3-9,18-20,30,32H,1-2,10-17H2;(H,6,7). The van der Waals surface area contributed by atoms with E-state index >= 15 is 0 Å². The maximum absolute atomic E-state index is 13.1. The fourth-order valence-corrected chi connectivity index (χ4v) is 5.79. The number of hydrogen-bond acceptors (Lipinski definition) is 9. The summed E-state index contributed by atoms with van der Waals surface area (Å²) >= 11 is 0. The number of carboxylic acid groups (broad SMARTS) is 1. The number of aliphatic carboxylic acids is 1. The summed E-state index contributed by atoms with van der Waals surface area (Å²) in [7, 11) is -3.95. The van der Waals surface area contributed by atoms with E-state index in [-0.39, 0.29) is 28.5 Å². The second-order valence-corrected chi connectivity index (χ2v) is 12.1. The molecule has 0 bridgehead atoms. The summed E-state index contributed by atoms with van der Waals surface area (Å²) in [6, 6.07) is 16.5. The lowest BCUT2D eigenvalue weighted by atomic mass is 10.0. The van der Waals surface area contributed by atoms with Gasteiger partial charge in [-0.15, -0.1) is 0 Å². The van der Waals surface area contributed by atoms with E-state index in [1.807, 2.05) is 24.3 Å². The van der Waals surface area contributed by atoms with Crippen LogP contribution in [0.4, 0.5) is 18.9 Å². The van der Waals surface area contributed by atoms with E-state index in [4.69, 9.17) is 24.1 Å². The van der Waals surface area contributed by atoms with Gasteiger partial charge in [-0.3, -0.25) is 9.62 Å². The molecule has 1 fully saturated rings. The minimum atomic E-state index is -5.08. The molecule has 248 valence electrons. The molecule has 2 heterocycles. The number of phenols is 1. The Hall–Kier alpha value is -4.34. The zero-order valence-electron chi connectivity index (χ0n) is 24.6. The van der Waals surface area contributed by atoms with E-state index in [1.54, 1.807) is 12.1 Å². The van der Waals surface area contributed by atoms with E-state index in [1.165, 1.54) is 24.3 Å². The van der Waals surface area contributed by atoms with Gasteiger partial charge in [0.05, 0.1) is 37.0 Å². The highest BCUT2D eigenvalue weighted by atomic mass is 32.2. The number of carbonyl (C=O) groups is 2. The van der Waals surface area contributed by atoms with Crippen LogP contribution in [0, 0.1) is 0 Å². The number of fused-ring (bicyclic) bond motifs is 1. The number of nitrogens with one attached hydrogen (secondary N) is 1. The number of phenolic OH excluding ortho intramolecular Hbond substituents is 1. The van der Waals surface area contributed by atoms with Crippen molar-refractivity contribution in [2.75, 3.05) is 50.8 Å². The van der Waals surface area contributed by atoms with Gasteiger partial charge < -0.3 is 24.4 Å². The third-order valence-corrected chi connectivity index (χ3v) is 8.46. The van der Waals surface area contributed by atoms with Crippen molar-refractivity contribution in [1.29, 1.82) is 0 Å². The molecule has 5 rings (SSSR count). The van der Waals surface area contributed by atoms with Gasteiger partial charge in [-0.1, -0.05) is 18.2 Å².